The fourth-order valence-corrected chi connectivity index (χ4v) is 6.81. The summed E-state index contributed by atoms with van der Waals surface area (Å²) >= 11 is 1.25. The van der Waals surface area contributed by atoms with Gasteiger partial charge in [0.1, 0.15) is 10.7 Å². The van der Waals surface area contributed by atoms with E-state index in [9.17, 15) is 19.2 Å². The van der Waals surface area contributed by atoms with Crippen molar-refractivity contribution in [3.63, 3.8) is 0 Å². The maximum atomic E-state index is 14.1. The summed E-state index contributed by atoms with van der Waals surface area (Å²) in [6.45, 7) is 12.8. The maximum absolute atomic E-state index is 14.1. The number of aromatic amines is 1. The number of nitrogens with one attached hydrogen (secondary N) is 2. The van der Waals surface area contributed by atoms with Gasteiger partial charge < -0.3 is 19.9 Å². The first kappa shape index (κ1) is 35.4. The minimum absolute atomic E-state index is 0.0228. The first-order valence-electron chi connectivity index (χ1n) is 15.7. The first-order valence-corrected chi connectivity index (χ1v) is 16.6. The van der Waals surface area contributed by atoms with Crippen LogP contribution in [0.2, 0.25) is 0 Å². The van der Waals surface area contributed by atoms with Gasteiger partial charge >= 0.3 is 5.97 Å². The molecule has 44 heavy (non-hydrogen) atoms. The van der Waals surface area contributed by atoms with Crippen LogP contribution in [0.25, 0.3) is 0 Å². The van der Waals surface area contributed by atoms with Gasteiger partial charge in [0, 0.05) is 69.0 Å². The first-order chi connectivity index (χ1) is 20.8. The Morgan fingerprint density at radius 1 is 1.25 bits per heavy atom. The van der Waals surface area contributed by atoms with E-state index in [4.69, 9.17) is 4.74 Å². The Kier molecular flexibility index (Phi) is 12.7. The third-order valence-electron chi connectivity index (χ3n) is 9.30. The number of imidazole rings is 1. The Morgan fingerprint density at radius 2 is 1.98 bits per heavy atom. The molecule has 0 unspecified atom stereocenters. The number of ether oxygens (including phenoxy) is 1. The average molecular weight is 631 g/mol. The van der Waals surface area contributed by atoms with Crippen molar-refractivity contribution in [1.82, 2.24) is 30.1 Å². The van der Waals surface area contributed by atoms with Crippen LogP contribution < -0.4 is 5.32 Å². The number of carbonyl (C=O) groups is 4. The van der Waals surface area contributed by atoms with Gasteiger partial charge in [-0.25, -0.2) is 9.97 Å². The normalized spacial score (nSPS) is 19.8. The van der Waals surface area contributed by atoms with Crippen molar-refractivity contribution in [1.29, 1.82) is 0 Å². The number of hydrogen-bond acceptors (Lipinski definition) is 9. The predicted molar refractivity (Wildman–Crippen MR) is 170 cm³/mol. The van der Waals surface area contributed by atoms with Crippen LogP contribution in [0.1, 0.15) is 101 Å². The molecule has 0 aliphatic carbocycles. The van der Waals surface area contributed by atoms with E-state index in [-0.39, 0.29) is 47.6 Å². The molecule has 0 radical (unpaired) electrons. The number of ketones is 1. The summed E-state index contributed by atoms with van der Waals surface area (Å²) in [5.74, 6) is -1.15. The number of Topliss-reactive ketones (excluding diaryl/α,β-unsaturated/α-hetero) is 1. The lowest BCUT2D eigenvalue weighted by molar-refractivity contribution is -0.149. The van der Waals surface area contributed by atoms with E-state index in [2.05, 4.69) is 25.2 Å². The van der Waals surface area contributed by atoms with Crippen LogP contribution in [0.15, 0.2) is 17.9 Å². The topological polar surface area (TPSA) is 138 Å². The quantitative estimate of drug-likeness (QED) is 0.260. The van der Waals surface area contributed by atoms with Gasteiger partial charge in [-0.2, -0.15) is 0 Å². The molecular formula is C32H50N6O5S. The number of carbonyl (C=O) groups excluding carboxylic acids is 4. The van der Waals surface area contributed by atoms with Gasteiger partial charge in [-0.05, 0) is 45.2 Å². The molecule has 0 aromatic carbocycles. The number of hydrogen-bond donors (Lipinski definition) is 2. The van der Waals surface area contributed by atoms with Crippen molar-refractivity contribution < 1.29 is 23.9 Å². The van der Waals surface area contributed by atoms with Gasteiger partial charge in [0.2, 0.25) is 5.91 Å². The summed E-state index contributed by atoms with van der Waals surface area (Å²) in [4.78, 5) is 68.0. The molecule has 3 rings (SSSR count). The van der Waals surface area contributed by atoms with Crippen LogP contribution in [-0.2, 0) is 25.5 Å². The van der Waals surface area contributed by atoms with Gasteiger partial charge in [-0.1, -0.05) is 34.1 Å². The van der Waals surface area contributed by atoms with Crippen molar-refractivity contribution in [2.75, 3.05) is 27.2 Å². The zero-order valence-corrected chi connectivity index (χ0v) is 28.3. The van der Waals surface area contributed by atoms with E-state index in [0.29, 0.717) is 24.4 Å². The van der Waals surface area contributed by atoms with Gasteiger partial charge in [-0.15, -0.1) is 11.3 Å². The number of esters is 1. The predicted octanol–water partition coefficient (Wildman–Crippen LogP) is 4.42. The Hall–Kier alpha value is -3.12. The van der Waals surface area contributed by atoms with Crippen molar-refractivity contribution >= 4 is 34.9 Å². The number of likely N-dealkylation sites (tertiary alicyclic amines) is 1. The summed E-state index contributed by atoms with van der Waals surface area (Å²) in [5.41, 5.74) is 0.617. The lowest BCUT2D eigenvalue weighted by Crippen LogP contribution is -2.50. The monoisotopic (exact) mass is 630 g/mol. The molecule has 11 nitrogen and oxygen atoms in total. The summed E-state index contributed by atoms with van der Waals surface area (Å²) < 4.78 is 5.72. The van der Waals surface area contributed by atoms with Crippen molar-refractivity contribution in [2.24, 2.45) is 17.8 Å². The Bertz CT molecular complexity index is 1260. The minimum Gasteiger partial charge on any atom is -0.455 e. The molecule has 244 valence electrons. The molecule has 0 saturated carbocycles. The number of H-pyrrole nitrogens is 1. The third kappa shape index (κ3) is 8.74. The second-order valence-corrected chi connectivity index (χ2v) is 13.6. The molecule has 2 aromatic heterocycles. The van der Waals surface area contributed by atoms with Gasteiger partial charge in [0.05, 0.1) is 11.9 Å². The average Bonchev–Trinajstić information content (AvgIpc) is 3.75. The Morgan fingerprint density at radius 3 is 2.55 bits per heavy atom. The van der Waals surface area contributed by atoms with Crippen LogP contribution in [-0.4, -0.2) is 87.1 Å². The van der Waals surface area contributed by atoms with Gasteiger partial charge in [-0.3, -0.25) is 24.1 Å². The highest BCUT2D eigenvalue weighted by Gasteiger charge is 2.43. The summed E-state index contributed by atoms with van der Waals surface area (Å²) in [6.07, 6.45) is 6.23. The SMILES string of the molecule is CC[C@H](C)[C@H](CC(=O)[C@@]1(C)CCCN1C)C(=O)N(C)[C@H](C[C@@H](OC(C)=O)c1nc(C(=O)NCCc2cnc[nH]2)cs1)C(C)C. The highest BCUT2D eigenvalue weighted by atomic mass is 32.1. The molecule has 0 spiro atoms. The number of rotatable bonds is 16. The van der Waals surface area contributed by atoms with E-state index >= 15 is 0 Å². The number of thiazole rings is 1. The van der Waals surface area contributed by atoms with E-state index in [0.717, 1.165) is 31.5 Å². The Labute approximate surface area is 265 Å². The number of likely N-dealkylation sites (N-methyl/N-ethyl adjacent to an activating group) is 1. The van der Waals surface area contributed by atoms with Gasteiger partial charge in [0.15, 0.2) is 11.9 Å². The molecular weight excluding hydrogens is 580 g/mol. The molecule has 1 aliphatic heterocycles. The zero-order valence-electron chi connectivity index (χ0n) is 27.5. The Balaban J connectivity index is 1.76. The largest absolute Gasteiger partial charge is 0.455 e. The minimum atomic E-state index is -0.735. The number of amides is 2. The molecule has 1 aliphatic rings. The highest BCUT2D eigenvalue weighted by molar-refractivity contribution is 7.09. The number of nitrogens with zero attached hydrogens (tertiary/aromatic N) is 4. The van der Waals surface area contributed by atoms with Crippen molar-refractivity contribution in [3.8, 4) is 0 Å². The standard InChI is InChI=1S/C32H50N6O5S/c1-9-21(4)24(15-28(40)32(6)12-10-14-37(32)7)31(42)38(8)26(20(2)3)16-27(43-22(5)39)30-36-25(18-44-30)29(41)34-13-11-23-17-33-19-35-23/h17-21,24,26-27H,9-16H2,1-8H3,(H,33,35)(H,34,41)/t21-,24-,26+,27+,32+/m0/s1. The van der Waals surface area contributed by atoms with Crippen LogP contribution in [0.3, 0.4) is 0 Å². The molecule has 3 heterocycles. The van der Waals surface area contributed by atoms with Gasteiger partial charge in [0.25, 0.3) is 5.91 Å². The molecule has 2 amide bonds. The molecule has 12 heteroatoms. The second-order valence-electron chi connectivity index (χ2n) is 12.7. The van der Waals surface area contributed by atoms with Crippen molar-refractivity contribution in [2.45, 2.75) is 97.8 Å². The second kappa shape index (κ2) is 15.7. The van der Waals surface area contributed by atoms with E-state index in [1.807, 2.05) is 41.7 Å². The van der Waals surface area contributed by atoms with Crippen LogP contribution in [0, 0.1) is 17.8 Å². The van der Waals surface area contributed by atoms with Crippen molar-refractivity contribution in [3.05, 3.63) is 34.3 Å². The summed E-state index contributed by atoms with van der Waals surface area (Å²) in [6, 6.07) is -0.297. The summed E-state index contributed by atoms with van der Waals surface area (Å²) in [7, 11) is 3.76. The lowest BCUT2D eigenvalue weighted by Gasteiger charge is -2.38. The van der Waals surface area contributed by atoms with Crippen LogP contribution in [0.5, 0.6) is 0 Å². The summed E-state index contributed by atoms with van der Waals surface area (Å²) in [5, 5.41) is 5.01. The van der Waals surface area contributed by atoms with Crippen LogP contribution >= 0.6 is 11.3 Å². The third-order valence-corrected chi connectivity index (χ3v) is 10.2. The molecule has 0 bridgehead atoms. The molecule has 2 N–H and O–H groups in total. The lowest BCUT2D eigenvalue weighted by atomic mass is 9.80. The fourth-order valence-electron chi connectivity index (χ4n) is 5.97. The van der Waals surface area contributed by atoms with E-state index in [1.165, 1.54) is 18.3 Å². The maximum Gasteiger partial charge on any atom is 0.303 e. The molecule has 5 atom stereocenters. The molecule has 1 fully saturated rings. The molecule has 1 saturated heterocycles. The number of aromatic nitrogens is 3. The smallest absolute Gasteiger partial charge is 0.303 e. The zero-order chi connectivity index (χ0) is 32.6. The highest BCUT2D eigenvalue weighted by Crippen LogP contribution is 2.35. The van der Waals surface area contributed by atoms with Crippen LogP contribution in [0.4, 0.5) is 0 Å². The van der Waals surface area contributed by atoms with E-state index < -0.39 is 23.5 Å². The van der Waals surface area contributed by atoms with E-state index in [1.54, 1.807) is 29.9 Å². The fraction of sp³-hybridized carbons (Fsp3) is 0.688. The molecule has 2 aromatic rings.